The van der Waals surface area contributed by atoms with Crippen molar-refractivity contribution in [3.05, 3.63) is 56.9 Å². The number of nitrogens with one attached hydrogen (secondary N) is 1. The highest BCUT2D eigenvalue weighted by molar-refractivity contribution is 9.10. The molecule has 4 nitrogen and oxygen atoms in total. The summed E-state index contributed by atoms with van der Waals surface area (Å²) in [7, 11) is 0. The monoisotopic (exact) mass is 446 g/mol. The first kappa shape index (κ1) is 19.0. The second-order valence-corrected chi connectivity index (χ2v) is 6.93. The molecular weight excluding hydrogens is 433 g/mol. The maximum Gasteiger partial charge on any atom is 0.243 e. The maximum atomic E-state index is 14.9. The fraction of sp³-hybridized carbons (Fsp3) is 0.294. The van der Waals surface area contributed by atoms with Gasteiger partial charge in [0.05, 0.1) is 6.17 Å². The van der Waals surface area contributed by atoms with Gasteiger partial charge in [-0.05, 0) is 53.4 Å². The topological polar surface area (TPSA) is 42.2 Å². The van der Waals surface area contributed by atoms with Crippen molar-refractivity contribution >= 4 is 38.9 Å². The highest BCUT2D eigenvalue weighted by Gasteiger charge is 2.22. The lowest BCUT2D eigenvalue weighted by Crippen LogP contribution is -2.07. The van der Waals surface area contributed by atoms with Crippen LogP contribution in [0.4, 0.5) is 19.0 Å². The molecule has 0 amide bonds. The van der Waals surface area contributed by atoms with E-state index in [-0.39, 0.29) is 41.8 Å². The maximum absolute atomic E-state index is 14.9. The molecule has 1 atom stereocenters. The summed E-state index contributed by atoms with van der Waals surface area (Å²) >= 11 is 9.23. The number of anilines is 1. The van der Waals surface area contributed by atoms with Gasteiger partial charge in [-0.15, -0.1) is 5.10 Å². The Morgan fingerprint density at radius 2 is 2.04 bits per heavy atom. The second-order valence-electron chi connectivity index (χ2n) is 5.84. The van der Waals surface area contributed by atoms with Gasteiger partial charge in [0.15, 0.2) is 11.6 Å². The minimum absolute atomic E-state index is 0.0686. The van der Waals surface area contributed by atoms with Crippen molar-refractivity contribution < 1.29 is 13.2 Å². The Morgan fingerprint density at radius 1 is 1.31 bits per heavy atom. The van der Waals surface area contributed by atoms with Gasteiger partial charge in [-0.2, -0.15) is 4.98 Å². The van der Waals surface area contributed by atoms with Crippen LogP contribution in [0.15, 0.2) is 28.9 Å². The van der Waals surface area contributed by atoms with Crippen LogP contribution in [0.25, 0.3) is 5.52 Å². The van der Waals surface area contributed by atoms with Gasteiger partial charge in [-0.25, -0.2) is 17.7 Å². The van der Waals surface area contributed by atoms with Gasteiger partial charge >= 0.3 is 0 Å². The number of nitrogens with zero attached hydrogens (tertiary/aromatic N) is 3. The average molecular weight is 448 g/mol. The van der Waals surface area contributed by atoms with Crippen LogP contribution >= 0.6 is 27.5 Å². The van der Waals surface area contributed by atoms with Crippen molar-refractivity contribution in [2.24, 2.45) is 0 Å². The molecule has 2 aromatic heterocycles. The lowest BCUT2D eigenvalue weighted by atomic mass is 10.1. The predicted octanol–water partition coefficient (Wildman–Crippen LogP) is 5.33. The average Bonchev–Trinajstić information content (AvgIpc) is 2.82. The molecule has 1 unspecified atom stereocenters. The number of halogens is 5. The standard InChI is InChI=1S/C17H15BrClF3N4/c1-9(20)6-7-11-13(22)14-16(24-17(19)25-26(14)15(11)18)23-8-10-4-2-3-5-12(10)21/h2-5,9H,6-8H2,1H3,(H,23,24,25). The molecule has 1 N–H and O–H groups in total. The third-order valence-electron chi connectivity index (χ3n) is 3.93. The molecule has 0 fully saturated rings. The van der Waals surface area contributed by atoms with Crippen molar-refractivity contribution in [2.45, 2.75) is 32.5 Å². The lowest BCUT2D eigenvalue weighted by molar-refractivity contribution is 0.340. The molecule has 138 valence electrons. The number of hydrogen-bond acceptors (Lipinski definition) is 3. The summed E-state index contributed by atoms with van der Waals surface area (Å²) in [5.41, 5.74) is 0.761. The molecule has 2 heterocycles. The fourth-order valence-corrected chi connectivity index (χ4v) is 3.39. The number of alkyl halides is 1. The predicted molar refractivity (Wildman–Crippen MR) is 98.3 cm³/mol. The number of benzene rings is 1. The summed E-state index contributed by atoms with van der Waals surface area (Å²) < 4.78 is 43.5. The van der Waals surface area contributed by atoms with Gasteiger partial charge in [0.1, 0.15) is 15.9 Å². The Morgan fingerprint density at radius 3 is 2.73 bits per heavy atom. The van der Waals surface area contributed by atoms with Gasteiger partial charge in [0, 0.05) is 17.7 Å². The summed E-state index contributed by atoms with van der Waals surface area (Å²) in [4.78, 5) is 4.02. The molecular formula is C17H15BrClF3N4. The van der Waals surface area contributed by atoms with Crippen molar-refractivity contribution in [3.8, 4) is 0 Å². The van der Waals surface area contributed by atoms with E-state index < -0.39 is 12.0 Å². The van der Waals surface area contributed by atoms with E-state index in [2.05, 4.69) is 31.3 Å². The van der Waals surface area contributed by atoms with E-state index in [4.69, 9.17) is 11.6 Å². The lowest BCUT2D eigenvalue weighted by Gasteiger charge is -2.09. The molecule has 0 aliphatic rings. The molecule has 9 heteroatoms. The summed E-state index contributed by atoms with van der Waals surface area (Å²) in [6, 6.07) is 6.24. The van der Waals surface area contributed by atoms with Crippen LogP contribution in [0.3, 0.4) is 0 Å². The molecule has 0 aliphatic carbocycles. The van der Waals surface area contributed by atoms with Crippen LogP contribution in [-0.2, 0) is 13.0 Å². The first-order chi connectivity index (χ1) is 12.4. The third-order valence-corrected chi connectivity index (χ3v) is 4.90. The molecule has 0 bridgehead atoms. The van der Waals surface area contributed by atoms with Crippen LogP contribution in [0.1, 0.15) is 24.5 Å². The molecule has 0 spiro atoms. The molecule has 3 aromatic rings. The largest absolute Gasteiger partial charge is 0.364 e. The van der Waals surface area contributed by atoms with Crippen LogP contribution < -0.4 is 5.32 Å². The summed E-state index contributed by atoms with van der Waals surface area (Å²) in [6.45, 7) is 1.51. The van der Waals surface area contributed by atoms with Gasteiger partial charge < -0.3 is 5.32 Å². The van der Waals surface area contributed by atoms with Crippen molar-refractivity contribution in [3.63, 3.8) is 0 Å². The van der Waals surface area contributed by atoms with E-state index in [1.54, 1.807) is 18.2 Å². The Balaban J connectivity index is 1.99. The minimum Gasteiger partial charge on any atom is -0.364 e. The van der Waals surface area contributed by atoms with Crippen LogP contribution in [0.2, 0.25) is 5.28 Å². The summed E-state index contributed by atoms with van der Waals surface area (Å²) in [5.74, 6) is -0.818. The van der Waals surface area contributed by atoms with E-state index in [9.17, 15) is 13.2 Å². The first-order valence-electron chi connectivity index (χ1n) is 7.92. The normalized spacial score (nSPS) is 12.5. The Kier molecular flexibility index (Phi) is 5.72. The zero-order valence-electron chi connectivity index (χ0n) is 13.7. The van der Waals surface area contributed by atoms with E-state index in [1.165, 1.54) is 17.5 Å². The van der Waals surface area contributed by atoms with Gasteiger partial charge in [0.25, 0.3) is 0 Å². The van der Waals surface area contributed by atoms with E-state index in [1.807, 2.05) is 0 Å². The Labute approximate surface area is 161 Å². The number of aromatic nitrogens is 3. The molecule has 0 saturated heterocycles. The summed E-state index contributed by atoms with van der Waals surface area (Å²) in [5, 5.41) is 6.79. The third kappa shape index (κ3) is 3.81. The molecule has 0 aliphatic heterocycles. The van der Waals surface area contributed by atoms with E-state index in [0.717, 1.165) is 0 Å². The van der Waals surface area contributed by atoms with Crippen LogP contribution in [-0.4, -0.2) is 20.8 Å². The van der Waals surface area contributed by atoms with Crippen LogP contribution in [0.5, 0.6) is 0 Å². The molecule has 0 saturated carbocycles. The zero-order chi connectivity index (χ0) is 18.8. The fourth-order valence-electron chi connectivity index (χ4n) is 2.60. The molecule has 1 aromatic carbocycles. The highest BCUT2D eigenvalue weighted by Crippen LogP contribution is 2.32. The zero-order valence-corrected chi connectivity index (χ0v) is 16.1. The highest BCUT2D eigenvalue weighted by atomic mass is 79.9. The number of rotatable bonds is 6. The summed E-state index contributed by atoms with van der Waals surface area (Å²) in [6.07, 6.45) is -0.693. The molecule has 26 heavy (non-hydrogen) atoms. The van der Waals surface area contributed by atoms with Gasteiger partial charge in [-0.1, -0.05) is 18.2 Å². The quantitative estimate of drug-likeness (QED) is 0.556. The number of fused-ring (bicyclic) bond motifs is 1. The molecule has 0 radical (unpaired) electrons. The SMILES string of the molecule is CC(F)CCc1c(F)c2c(NCc3ccccc3F)nc(Cl)nn2c1Br. The number of hydrogen-bond donors (Lipinski definition) is 1. The molecule has 3 rings (SSSR count). The van der Waals surface area contributed by atoms with Gasteiger partial charge in [0.2, 0.25) is 5.28 Å². The van der Waals surface area contributed by atoms with Crippen molar-refractivity contribution in [1.29, 1.82) is 0 Å². The Hall–Kier alpha value is -1.80. The van der Waals surface area contributed by atoms with Crippen LogP contribution in [0, 0.1) is 11.6 Å². The van der Waals surface area contributed by atoms with E-state index >= 15 is 0 Å². The van der Waals surface area contributed by atoms with Crippen molar-refractivity contribution in [2.75, 3.05) is 5.32 Å². The van der Waals surface area contributed by atoms with Gasteiger partial charge in [-0.3, -0.25) is 0 Å². The minimum atomic E-state index is -1.06. The van der Waals surface area contributed by atoms with E-state index in [0.29, 0.717) is 15.7 Å². The smallest absolute Gasteiger partial charge is 0.243 e. The van der Waals surface area contributed by atoms with Crippen molar-refractivity contribution in [1.82, 2.24) is 14.6 Å². The second kappa shape index (κ2) is 7.84. The first-order valence-corrected chi connectivity index (χ1v) is 9.09. The Bertz CT molecular complexity index is 945.